The maximum Gasteiger partial charge on any atom is 0.429 e. The molecule has 0 unspecified atom stereocenters. The molecule has 1 heterocycles. The zero-order valence-electron chi connectivity index (χ0n) is 12.2. The van der Waals surface area contributed by atoms with Crippen LogP contribution in [-0.4, -0.2) is 29.1 Å². The van der Waals surface area contributed by atoms with Crippen LogP contribution in [0.1, 0.15) is 24.5 Å². The largest absolute Gasteiger partial charge is 0.475 e. The second-order valence-electron chi connectivity index (χ2n) is 4.80. The van der Waals surface area contributed by atoms with Gasteiger partial charge in [0, 0.05) is 17.0 Å². The molecule has 1 N–H and O–H groups in total. The Labute approximate surface area is 139 Å². The summed E-state index contributed by atoms with van der Waals surface area (Å²) in [5.41, 5.74) is -0.821. The molecule has 0 aromatic heterocycles. The van der Waals surface area contributed by atoms with E-state index in [1.54, 1.807) is 6.92 Å². The maximum atomic E-state index is 13.2. The van der Waals surface area contributed by atoms with E-state index in [9.17, 15) is 22.8 Å². The van der Waals surface area contributed by atoms with E-state index in [4.69, 9.17) is 21.4 Å². The van der Waals surface area contributed by atoms with Crippen LogP contribution in [0, 0.1) is 11.8 Å². The van der Waals surface area contributed by atoms with E-state index in [0.717, 1.165) is 6.08 Å². The summed E-state index contributed by atoms with van der Waals surface area (Å²) in [4.78, 5) is 22.4. The Kier molecular flexibility index (Phi) is 4.90. The van der Waals surface area contributed by atoms with Gasteiger partial charge in [-0.25, -0.2) is 4.79 Å². The third-order valence-corrected chi connectivity index (χ3v) is 3.28. The van der Waals surface area contributed by atoms with E-state index in [1.165, 1.54) is 12.1 Å². The minimum atomic E-state index is -4.97. The number of hydrogen-bond donors (Lipinski definition) is 1. The van der Waals surface area contributed by atoms with Gasteiger partial charge in [-0.3, -0.25) is 4.79 Å². The Morgan fingerprint density at radius 2 is 2.04 bits per heavy atom. The molecule has 0 aliphatic carbocycles. The summed E-state index contributed by atoms with van der Waals surface area (Å²) in [7, 11) is 0. The molecule has 4 nitrogen and oxygen atoms in total. The molecule has 1 aromatic carbocycles. The minimum absolute atomic E-state index is 0.0630. The maximum absolute atomic E-state index is 13.2. The van der Waals surface area contributed by atoms with Gasteiger partial charge >= 0.3 is 12.1 Å². The van der Waals surface area contributed by atoms with Gasteiger partial charge in [-0.05, 0) is 18.2 Å². The smallest absolute Gasteiger partial charge is 0.429 e. The molecule has 24 heavy (non-hydrogen) atoms. The molecule has 8 heteroatoms. The van der Waals surface area contributed by atoms with Gasteiger partial charge in [0.1, 0.15) is 5.75 Å². The SMILES string of the molecule is CCC#Cc1cc(Cl)cc2c1O[C@H](C(F)(F)F)C(C(=O)C(=O)O)=C2. The van der Waals surface area contributed by atoms with Gasteiger partial charge in [-0.2, -0.15) is 13.2 Å². The first-order chi connectivity index (χ1) is 11.1. The first-order valence-corrected chi connectivity index (χ1v) is 7.08. The molecular formula is C16H10ClF3O4. The molecule has 1 aromatic rings. The van der Waals surface area contributed by atoms with Gasteiger partial charge in [0.25, 0.3) is 5.78 Å². The standard InChI is InChI=1S/C16H10ClF3O4/c1-2-3-4-8-5-10(17)6-9-7-11(12(21)15(22)23)14(16(18,19)20)24-13(8)9/h5-7,14H,2H2,1H3,(H,22,23)/t14-/m0/s1. The van der Waals surface area contributed by atoms with Gasteiger partial charge in [0.15, 0.2) is 0 Å². The number of ether oxygens (including phenoxy) is 1. The number of halogens is 4. The fraction of sp³-hybridized carbons (Fsp3) is 0.250. The van der Waals surface area contributed by atoms with Crippen molar-refractivity contribution in [1.29, 1.82) is 0 Å². The van der Waals surface area contributed by atoms with Crippen molar-refractivity contribution >= 4 is 29.4 Å². The molecule has 1 atom stereocenters. The monoisotopic (exact) mass is 358 g/mol. The number of benzene rings is 1. The highest BCUT2D eigenvalue weighted by Gasteiger charge is 2.49. The highest BCUT2D eigenvalue weighted by Crippen LogP contribution is 2.40. The van der Waals surface area contributed by atoms with E-state index < -0.39 is 29.6 Å². The summed E-state index contributed by atoms with van der Waals surface area (Å²) >= 11 is 5.90. The number of rotatable bonds is 2. The predicted molar refractivity (Wildman–Crippen MR) is 79.7 cm³/mol. The Balaban J connectivity index is 2.68. The molecule has 0 bridgehead atoms. The van der Waals surface area contributed by atoms with Gasteiger partial charge < -0.3 is 9.84 Å². The van der Waals surface area contributed by atoms with E-state index in [2.05, 4.69) is 11.8 Å². The lowest BCUT2D eigenvalue weighted by molar-refractivity contribution is -0.185. The molecule has 126 valence electrons. The Morgan fingerprint density at radius 1 is 1.38 bits per heavy atom. The van der Waals surface area contributed by atoms with E-state index in [0.29, 0.717) is 6.42 Å². The number of hydrogen-bond acceptors (Lipinski definition) is 3. The number of ketones is 1. The second kappa shape index (κ2) is 6.57. The summed E-state index contributed by atoms with van der Waals surface area (Å²) in [6, 6.07) is 2.62. The first-order valence-electron chi connectivity index (χ1n) is 6.70. The number of fused-ring (bicyclic) bond motifs is 1. The minimum Gasteiger partial charge on any atom is -0.475 e. The van der Waals surface area contributed by atoms with Crippen LogP contribution in [-0.2, 0) is 9.59 Å². The van der Waals surface area contributed by atoms with Crippen LogP contribution in [0.4, 0.5) is 13.2 Å². The molecule has 0 fully saturated rings. The molecular weight excluding hydrogens is 349 g/mol. The number of carbonyl (C=O) groups excluding carboxylic acids is 1. The average Bonchev–Trinajstić information content (AvgIpc) is 2.49. The van der Waals surface area contributed by atoms with Crippen molar-refractivity contribution in [3.8, 4) is 17.6 Å². The molecule has 0 radical (unpaired) electrons. The highest BCUT2D eigenvalue weighted by molar-refractivity contribution is 6.41. The number of carboxylic acid groups (broad SMARTS) is 1. The van der Waals surface area contributed by atoms with Crippen LogP contribution in [0.2, 0.25) is 5.02 Å². The van der Waals surface area contributed by atoms with Crippen molar-refractivity contribution in [3.63, 3.8) is 0 Å². The van der Waals surface area contributed by atoms with Gasteiger partial charge in [0.2, 0.25) is 6.10 Å². The highest BCUT2D eigenvalue weighted by atomic mass is 35.5. The van der Waals surface area contributed by atoms with E-state index >= 15 is 0 Å². The van der Waals surface area contributed by atoms with Crippen molar-refractivity contribution in [2.45, 2.75) is 25.6 Å². The summed E-state index contributed by atoms with van der Waals surface area (Å²) in [6.07, 6.45) is -6.36. The van der Waals surface area contributed by atoms with Crippen molar-refractivity contribution in [3.05, 3.63) is 33.9 Å². The molecule has 2 rings (SSSR count). The molecule has 1 aliphatic heterocycles. The number of carboxylic acids is 1. The summed E-state index contributed by atoms with van der Waals surface area (Å²) in [5.74, 6) is 1.46. The number of aliphatic carboxylic acids is 1. The van der Waals surface area contributed by atoms with E-state index in [-0.39, 0.29) is 21.9 Å². The number of alkyl halides is 3. The topological polar surface area (TPSA) is 63.6 Å². The van der Waals surface area contributed by atoms with Crippen molar-refractivity contribution in [2.75, 3.05) is 0 Å². The van der Waals surface area contributed by atoms with Crippen LogP contribution in [0.5, 0.6) is 5.75 Å². The van der Waals surface area contributed by atoms with Crippen molar-refractivity contribution in [1.82, 2.24) is 0 Å². The number of carbonyl (C=O) groups is 2. The molecule has 1 aliphatic rings. The Hall–Kier alpha value is -2.46. The molecule has 0 saturated heterocycles. The quantitative estimate of drug-likeness (QED) is 0.649. The summed E-state index contributed by atoms with van der Waals surface area (Å²) < 4.78 is 44.5. The first kappa shape index (κ1) is 17.9. The van der Waals surface area contributed by atoms with Crippen LogP contribution >= 0.6 is 11.6 Å². The van der Waals surface area contributed by atoms with Crippen LogP contribution < -0.4 is 4.74 Å². The average molecular weight is 359 g/mol. The molecule has 0 amide bonds. The lowest BCUT2D eigenvalue weighted by Gasteiger charge is -2.28. The summed E-state index contributed by atoms with van der Waals surface area (Å²) in [5, 5.41) is 8.90. The zero-order valence-corrected chi connectivity index (χ0v) is 13.0. The van der Waals surface area contributed by atoms with Gasteiger partial charge in [0.05, 0.1) is 11.1 Å². The Morgan fingerprint density at radius 3 is 2.58 bits per heavy atom. The number of Topliss-reactive ketones (excluding diaryl/α,β-unsaturated/α-hetero) is 1. The normalized spacial score (nSPS) is 16.2. The molecule has 0 spiro atoms. The zero-order chi connectivity index (χ0) is 18.1. The summed E-state index contributed by atoms with van der Waals surface area (Å²) in [6.45, 7) is 1.76. The van der Waals surface area contributed by atoms with Gasteiger partial charge in [-0.1, -0.05) is 30.4 Å². The lowest BCUT2D eigenvalue weighted by Crippen LogP contribution is -2.42. The lowest BCUT2D eigenvalue weighted by atomic mass is 9.96. The van der Waals surface area contributed by atoms with Crippen molar-refractivity contribution < 1.29 is 32.6 Å². The second-order valence-corrected chi connectivity index (χ2v) is 5.24. The third-order valence-electron chi connectivity index (χ3n) is 3.07. The third kappa shape index (κ3) is 3.54. The van der Waals surface area contributed by atoms with Crippen LogP contribution in [0.15, 0.2) is 17.7 Å². The predicted octanol–water partition coefficient (Wildman–Crippen LogP) is 3.46. The Bertz CT molecular complexity index is 800. The van der Waals surface area contributed by atoms with Crippen LogP contribution in [0.25, 0.3) is 6.08 Å². The molecule has 0 saturated carbocycles. The van der Waals surface area contributed by atoms with Crippen molar-refractivity contribution in [2.24, 2.45) is 0 Å². The van der Waals surface area contributed by atoms with E-state index in [1.807, 2.05) is 0 Å². The fourth-order valence-corrected chi connectivity index (χ4v) is 2.33. The fourth-order valence-electron chi connectivity index (χ4n) is 2.11. The van der Waals surface area contributed by atoms with Gasteiger partial charge in [-0.15, -0.1) is 0 Å². The van der Waals surface area contributed by atoms with Crippen LogP contribution in [0.3, 0.4) is 0 Å².